The van der Waals surface area contributed by atoms with Crippen molar-refractivity contribution in [3.8, 4) is 0 Å². The van der Waals surface area contributed by atoms with Gasteiger partial charge in [0.25, 0.3) is 0 Å². The van der Waals surface area contributed by atoms with Gasteiger partial charge in [-0.05, 0) is 48.9 Å². The zero-order chi connectivity index (χ0) is 18.5. The van der Waals surface area contributed by atoms with Crippen LogP contribution in [0, 0.1) is 0 Å². The molecule has 0 fully saturated rings. The van der Waals surface area contributed by atoms with Gasteiger partial charge in [0.15, 0.2) is 5.43 Å². The fraction of sp³-hybridized carbons (Fsp3) is 0.211. The van der Waals surface area contributed by atoms with E-state index < -0.39 is 0 Å². The molecule has 0 saturated carbocycles. The molecule has 0 amide bonds. The molecular formula is C19H19Cl4N3O. The van der Waals surface area contributed by atoms with Gasteiger partial charge >= 0.3 is 0 Å². The van der Waals surface area contributed by atoms with Gasteiger partial charge in [0, 0.05) is 29.6 Å². The first-order valence-electron chi connectivity index (χ1n) is 8.24. The molecule has 1 heterocycles. The number of benzene rings is 2. The fourth-order valence-corrected chi connectivity index (χ4v) is 3.13. The molecule has 4 nitrogen and oxygen atoms in total. The number of anilines is 1. The lowest BCUT2D eigenvalue weighted by Crippen LogP contribution is -2.18. The Morgan fingerprint density at radius 1 is 0.926 bits per heavy atom. The van der Waals surface area contributed by atoms with Gasteiger partial charge in [0.2, 0.25) is 0 Å². The van der Waals surface area contributed by atoms with Crippen LogP contribution in [0.2, 0.25) is 15.1 Å². The van der Waals surface area contributed by atoms with Gasteiger partial charge in [0.1, 0.15) is 5.82 Å². The van der Waals surface area contributed by atoms with Crippen LogP contribution in [0.3, 0.4) is 0 Å². The molecule has 0 unspecified atom stereocenters. The van der Waals surface area contributed by atoms with Gasteiger partial charge in [-0.15, -0.1) is 12.4 Å². The fourth-order valence-electron chi connectivity index (χ4n) is 2.64. The van der Waals surface area contributed by atoms with Crippen molar-refractivity contribution in [3.05, 3.63) is 73.3 Å². The van der Waals surface area contributed by atoms with Crippen molar-refractivity contribution in [3.63, 3.8) is 0 Å². The Morgan fingerprint density at radius 2 is 1.74 bits per heavy atom. The molecule has 3 aromatic rings. The van der Waals surface area contributed by atoms with Crippen molar-refractivity contribution in [2.24, 2.45) is 0 Å². The first kappa shape index (κ1) is 21.9. The van der Waals surface area contributed by atoms with E-state index in [9.17, 15) is 4.79 Å². The van der Waals surface area contributed by atoms with Gasteiger partial charge in [0.05, 0.1) is 15.6 Å². The van der Waals surface area contributed by atoms with Crippen LogP contribution in [0.25, 0.3) is 10.9 Å². The van der Waals surface area contributed by atoms with E-state index in [1.807, 2.05) is 12.1 Å². The Balaban J connectivity index is 0.00000261. The summed E-state index contributed by atoms with van der Waals surface area (Å²) in [5, 5.41) is 8.93. The average Bonchev–Trinajstić information content (AvgIpc) is 2.60. The predicted molar refractivity (Wildman–Crippen MR) is 118 cm³/mol. The summed E-state index contributed by atoms with van der Waals surface area (Å²) in [7, 11) is 0. The Labute approximate surface area is 178 Å². The highest BCUT2D eigenvalue weighted by Crippen LogP contribution is 2.22. The third-order valence-electron chi connectivity index (χ3n) is 3.95. The monoisotopic (exact) mass is 445 g/mol. The number of aromatic amines is 1. The molecule has 8 heteroatoms. The highest BCUT2D eigenvalue weighted by Gasteiger charge is 2.03. The van der Waals surface area contributed by atoms with E-state index in [1.54, 1.807) is 30.3 Å². The molecule has 0 spiro atoms. The summed E-state index contributed by atoms with van der Waals surface area (Å²) < 4.78 is 0. The number of pyridine rings is 1. The summed E-state index contributed by atoms with van der Waals surface area (Å²) in [4.78, 5) is 15.3. The van der Waals surface area contributed by atoms with Crippen LogP contribution < -0.4 is 16.1 Å². The van der Waals surface area contributed by atoms with Crippen LogP contribution in [-0.4, -0.2) is 18.1 Å². The van der Waals surface area contributed by atoms with Crippen molar-refractivity contribution in [2.75, 3.05) is 18.4 Å². The molecule has 2 aromatic carbocycles. The molecule has 0 aliphatic rings. The summed E-state index contributed by atoms with van der Waals surface area (Å²) >= 11 is 17.9. The third kappa shape index (κ3) is 6.03. The number of H-pyrrole nitrogens is 1. The van der Waals surface area contributed by atoms with E-state index in [-0.39, 0.29) is 17.8 Å². The lowest BCUT2D eigenvalue weighted by molar-refractivity contribution is 0.663. The maximum absolute atomic E-state index is 12.1. The summed E-state index contributed by atoms with van der Waals surface area (Å²) in [6.07, 6.45) is 0.900. The number of hydrogen-bond donors (Lipinski definition) is 3. The van der Waals surface area contributed by atoms with Crippen molar-refractivity contribution in [2.45, 2.75) is 13.0 Å². The maximum Gasteiger partial charge on any atom is 0.191 e. The normalized spacial score (nSPS) is 10.6. The lowest BCUT2D eigenvalue weighted by Gasteiger charge is -2.09. The first-order chi connectivity index (χ1) is 12.5. The van der Waals surface area contributed by atoms with E-state index in [0.29, 0.717) is 26.3 Å². The molecule has 0 aliphatic carbocycles. The third-order valence-corrected chi connectivity index (χ3v) is 4.92. The second-order valence-electron chi connectivity index (χ2n) is 5.94. The molecule has 0 aliphatic heterocycles. The van der Waals surface area contributed by atoms with E-state index in [2.05, 4.69) is 15.6 Å². The van der Waals surface area contributed by atoms with E-state index in [1.165, 1.54) is 0 Å². The largest absolute Gasteiger partial charge is 0.371 e. The van der Waals surface area contributed by atoms with Crippen molar-refractivity contribution < 1.29 is 0 Å². The van der Waals surface area contributed by atoms with Crippen LogP contribution in [0.5, 0.6) is 0 Å². The van der Waals surface area contributed by atoms with E-state index >= 15 is 0 Å². The second kappa shape index (κ2) is 10.2. The molecular weight excluding hydrogens is 428 g/mol. The Hall–Kier alpha value is -1.43. The molecule has 0 bridgehead atoms. The van der Waals surface area contributed by atoms with Crippen molar-refractivity contribution in [1.29, 1.82) is 0 Å². The molecule has 3 N–H and O–H groups in total. The lowest BCUT2D eigenvalue weighted by atomic mass is 10.2. The molecule has 0 saturated heterocycles. The van der Waals surface area contributed by atoms with Gasteiger partial charge in [-0.1, -0.05) is 40.9 Å². The summed E-state index contributed by atoms with van der Waals surface area (Å²) in [5.74, 6) is 0.689. The minimum Gasteiger partial charge on any atom is -0.371 e. The van der Waals surface area contributed by atoms with Crippen molar-refractivity contribution in [1.82, 2.24) is 10.3 Å². The Bertz CT molecular complexity index is 975. The number of nitrogens with one attached hydrogen (secondary N) is 3. The van der Waals surface area contributed by atoms with Crippen LogP contribution in [0.15, 0.2) is 47.3 Å². The molecule has 1 aromatic heterocycles. The molecule has 27 heavy (non-hydrogen) atoms. The predicted octanol–water partition coefficient (Wildman–Crippen LogP) is 5.50. The number of halogens is 4. The standard InChI is InChI=1S/C19H18Cl3N3O.ClH/c20-13-3-4-14-17(9-13)25-19(10-18(14)26)24-7-1-6-23-11-12-2-5-15(21)16(22)8-12;/h2-5,8-10,23H,1,6-7,11H2,(H2,24,25,26);1H. The summed E-state index contributed by atoms with van der Waals surface area (Å²) in [6.45, 7) is 2.29. The maximum atomic E-state index is 12.1. The number of hydrogen-bond acceptors (Lipinski definition) is 3. The van der Waals surface area contributed by atoms with E-state index in [0.717, 1.165) is 37.1 Å². The summed E-state index contributed by atoms with van der Waals surface area (Å²) in [6, 6.07) is 12.4. The average molecular weight is 447 g/mol. The zero-order valence-corrected chi connectivity index (χ0v) is 17.4. The van der Waals surface area contributed by atoms with Crippen LogP contribution >= 0.6 is 47.2 Å². The highest BCUT2D eigenvalue weighted by atomic mass is 35.5. The minimum atomic E-state index is -0.0318. The van der Waals surface area contributed by atoms with Gasteiger partial charge in [-0.3, -0.25) is 4.79 Å². The van der Waals surface area contributed by atoms with Crippen LogP contribution in [0.1, 0.15) is 12.0 Å². The van der Waals surface area contributed by atoms with Gasteiger partial charge in [-0.25, -0.2) is 0 Å². The van der Waals surface area contributed by atoms with E-state index in [4.69, 9.17) is 34.8 Å². The van der Waals surface area contributed by atoms with Crippen LogP contribution in [-0.2, 0) is 6.54 Å². The smallest absolute Gasteiger partial charge is 0.191 e. The molecule has 144 valence electrons. The molecule has 0 atom stereocenters. The Morgan fingerprint density at radius 3 is 2.52 bits per heavy atom. The second-order valence-corrected chi connectivity index (χ2v) is 7.19. The van der Waals surface area contributed by atoms with Gasteiger partial charge in [-0.2, -0.15) is 0 Å². The topological polar surface area (TPSA) is 56.9 Å². The molecule has 0 radical (unpaired) electrons. The number of rotatable bonds is 7. The number of aromatic nitrogens is 1. The zero-order valence-electron chi connectivity index (χ0n) is 14.3. The minimum absolute atomic E-state index is 0. The SMILES string of the molecule is Cl.O=c1cc(NCCCNCc2ccc(Cl)c(Cl)c2)[nH]c2cc(Cl)ccc12. The van der Waals surface area contributed by atoms with Crippen molar-refractivity contribution >= 4 is 63.9 Å². The summed E-state index contributed by atoms with van der Waals surface area (Å²) in [5.41, 5.74) is 1.78. The van der Waals surface area contributed by atoms with Gasteiger partial charge < -0.3 is 15.6 Å². The highest BCUT2D eigenvalue weighted by molar-refractivity contribution is 6.42. The Kier molecular flexibility index (Phi) is 8.27. The first-order valence-corrected chi connectivity index (χ1v) is 9.37. The van der Waals surface area contributed by atoms with Crippen LogP contribution in [0.4, 0.5) is 5.82 Å². The number of fused-ring (bicyclic) bond motifs is 1. The molecule has 3 rings (SSSR count). The quantitative estimate of drug-likeness (QED) is 0.420.